The minimum atomic E-state index is -0.366. The second kappa shape index (κ2) is 15.3. The lowest BCUT2D eigenvalue weighted by Crippen LogP contribution is -2.41. The number of ether oxygens (including phenoxy) is 3. The van der Waals surface area contributed by atoms with E-state index in [1.54, 1.807) is 14.2 Å². The molecule has 204 valence electrons. The summed E-state index contributed by atoms with van der Waals surface area (Å²) in [6.45, 7) is 5.00. The van der Waals surface area contributed by atoms with Gasteiger partial charge in [0.15, 0.2) is 0 Å². The van der Waals surface area contributed by atoms with Crippen LogP contribution in [0.3, 0.4) is 0 Å². The molecule has 0 aliphatic heterocycles. The largest absolute Gasteiger partial charge is 0.489 e. The molecule has 4 atom stereocenters. The Bertz CT molecular complexity index is 1090. The van der Waals surface area contributed by atoms with Crippen molar-refractivity contribution >= 4 is 5.91 Å². The van der Waals surface area contributed by atoms with Gasteiger partial charge in [-0.05, 0) is 47.6 Å². The topological polar surface area (TPSA) is 57.2 Å². The van der Waals surface area contributed by atoms with Gasteiger partial charge in [0.05, 0.1) is 31.8 Å². The van der Waals surface area contributed by atoms with Crippen molar-refractivity contribution in [2.75, 3.05) is 21.3 Å². The number of rotatable bonds is 15. The molecule has 0 N–H and O–H groups in total. The molecule has 3 rings (SSSR count). The lowest BCUT2D eigenvalue weighted by Gasteiger charge is -2.31. The van der Waals surface area contributed by atoms with Crippen molar-refractivity contribution in [1.82, 2.24) is 5.06 Å². The third kappa shape index (κ3) is 8.69. The number of hydroxylamine groups is 2. The normalized spacial score (nSPS) is 14.3. The highest BCUT2D eigenvalue weighted by molar-refractivity contribution is 5.77. The van der Waals surface area contributed by atoms with Gasteiger partial charge in [0.25, 0.3) is 5.91 Å². The summed E-state index contributed by atoms with van der Waals surface area (Å²) in [5.41, 5.74) is 3.26. The average Bonchev–Trinajstić information content (AvgIpc) is 2.96. The van der Waals surface area contributed by atoms with E-state index < -0.39 is 0 Å². The summed E-state index contributed by atoms with van der Waals surface area (Å²) in [7, 11) is 4.86. The van der Waals surface area contributed by atoms with E-state index in [2.05, 4.69) is 25.1 Å². The van der Waals surface area contributed by atoms with E-state index >= 15 is 0 Å². The van der Waals surface area contributed by atoms with E-state index in [1.165, 1.54) is 12.2 Å². The molecule has 0 aliphatic carbocycles. The highest BCUT2D eigenvalue weighted by Gasteiger charge is 2.32. The van der Waals surface area contributed by atoms with Crippen LogP contribution in [0, 0.1) is 11.8 Å². The molecule has 0 aromatic heterocycles. The van der Waals surface area contributed by atoms with Crippen molar-refractivity contribution in [3.63, 3.8) is 0 Å². The van der Waals surface area contributed by atoms with E-state index in [4.69, 9.17) is 19.0 Å². The summed E-state index contributed by atoms with van der Waals surface area (Å²) in [5, 5.41) is 1.27. The van der Waals surface area contributed by atoms with Crippen molar-refractivity contribution in [2.45, 2.75) is 52.1 Å². The van der Waals surface area contributed by atoms with Crippen molar-refractivity contribution in [2.24, 2.45) is 11.8 Å². The summed E-state index contributed by atoms with van der Waals surface area (Å²) in [6.07, 6.45) is 1.23. The first kappa shape index (κ1) is 29.4. The van der Waals surface area contributed by atoms with Crippen molar-refractivity contribution in [3.05, 3.63) is 102 Å². The molecule has 1 amide bonds. The molecule has 0 radical (unpaired) electrons. The summed E-state index contributed by atoms with van der Waals surface area (Å²) in [4.78, 5) is 18.1. The molecule has 0 unspecified atom stereocenters. The zero-order chi connectivity index (χ0) is 27.3. The second-order valence-electron chi connectivity index (χ2n) is 9.69. The summed E-state index contributed by atoms with van der Waals surface area (Å²) in [5.74, 6) is 0.448. The van der Waals surface area contributed by atoms with E-state index in [0.717, 1.165) is 35.3 Å². The maximum atomic E-state index is 12.9. The second-order valence-corrected chi connectivity index (χ2v) is 9.69. The Balaban J connectivity index is 1.65. The third-order valence-corrected chi connectivity index (χ3v) is 6.96. The van der Waals surface area contributed by atoms with Crippen LogP contribution >= 0.6 is 0 Å². The quantitative estimate of drug-likeness (QED) is 0.212. The van der Waals surface area contributed by atoms with E-state index in [9.17, 15) is 4.79 Å². The van der Waals surface area contributed by atoms with Gasteiger partial charge in [-0.3, -0.25) is 9.63 Å². The lowest BCUT2D eigenvalue weighted by molar-refractivity contribution is -0.179. The fourth-order valence-corrected chi connectivity index (χ4v) is 4.63. The maximum Gasteiger partial charge on any atom is 0.251 e. The van der Waals surface area contributed by atoms with Gasteiger partial charge in [0, 0.05) is 14.2 Å². The van der Waals surface area contributed by atoms with Crippen LogP contribution < -0.4 is 4.74 Å². The predicted molar refractivity (Wildman–Crippen MR) is 149 cm³/mol. The number of methoxy groups -OCH3 is 1. The molecule has 0 spiro atoms. The SMILES string of the molecule is CO[C@@H](CC[C@H](C)[C@@H](OCc1ccccc1)[C@@H](C)C(=O)N(C)OC)c1cccc(OCc2ccccc2)c1. The van der Waals surface area contributed by atoms with Gasteiger partial charge in [-0.2, -0.15) is 0 Å². The van der Waals surface area contributed by atoms with Gasteiger partial charge in [-0.15, -0.1) is 0 Å². The highest BCUT2D eigenvalue weighted by atomic mass is 16.7. The maximum absolute atomic E-state index is 12.9. The molecule has 3 aromatic carbocycles. The number of benzene rings is 3. The number of hydrogen-bond acceptors (Lipinski definition) is 5. The van der Waals surface area contributed by atoms with Crippen molar-refractivity contribution in [1.29, 1.82) is 0 Å². The van der Waals surface area contributed by atoms with E-state index in [0.29, 0.717) is 13.2 Å². The van der Waals surface area contributed by atoms with Gasteiger partial charge < -0.3 is 14.2 Å². The van der Waals surface area contributed by atoms with Gasteiger partial charge in [0.1, 0.15) is 12.4 Å². The molecule has 0 fully saturated rings. The van der Waals surface area contributed by atoms with Crippen LogP contribution in [-0.4, -0.2) is 38.3 Å². The molecule has 0 saturated carbocycles. The average molecular weight is 520 g/mol. The molecule has 6 nitrogen and oxygen atoms in total. The fourth-order valence-electron chi connectivity index (χ4n) is 4.63. The Kier molecular flexibility index (Phi) is 11.8. The molecule has 0 saturated heterocycles. The smallest absolute Gasteiger partial charge is 0.251 e. The number of hydrogen-bond donors (Lipinski definition) is 0. The Morgan fingerprint density at radius 3 is 2.05 bits per heavy atom. The highest BCUT2D eigenvalue weighted by Crippen LogP contribution is 2.31. The van der Waals surface area contributed by atoms with Crippen molar-refractivity contribution in [3.8, 4) is 5.75 Å². The molecular formula is C32H41NO5. The van der Waals surface area contributed by atoms with Gasteiger partial charge in [-0.1, -0.05) is 86.6 Å². The van der Waals surface area contributed by atoms with E-state index in [1.807, 2.05) is 73.7 Å². The zero-order valence-corrected chi connectivity index (χ0v) is 23.2. The first-order chi connectivity index (χ1) is 18.4. The standard InChI is InChI=1S/C32H41NO5/c1-24(31(25(2)32(34)33(3)36-5)38-23-27-15-10-7-11-16-27)19-20-30(35-4)28-17-12-18-29(21-28)37-22-26-13-8-6-9-14-26/h6-18,21,24-25,30-31H,19-20,22-23H2,1-5H3/t24-,25+,30-,31+/m0/s1. The predicted octanol–water partition coefficient (Wildman–Crippen LogP) is 6.61. The summed E-state index contributed by atoms with van der Waals surface area (Å²) in [6, 6.07) is 28.2. The first-order valence-electron chi connectivity index (χ1n) is 13.2. The van der Waals surface area contributed by atoms with Crippen LogP contribution in [0.15, 0.2) is 84.9 Å². The van der Waals surface area contributed by atoms with Gasteiger partial charge in [0.2, 0.25) is 0 Å². The van der Waals surface area contributed by atoms with Crippen molar-refractivity contribution < 1.29 is 23.8 Å². The summed E-state index contributed by atoms with van der Waals surface area (Å²) < 4.78 is 18.3. The van der Waals surface area contributed by atoms with Crippen LogP contribution in [-0.2, 0) is 32.3 Å². The van der Waals surface area contributed by atoms with Crippen LogP contribution in [0.25, 0.3) is 0 Å². The molecule has 0 bridgehead atoms. The number of carbonyl (C=O) groups is 1. The Labute approximate surface area is 227 Å². The first-order valence-corrected chi connectivity index (χ1v) is 13.2. The number of amides is 1. The Morgan fingerprint density at radius 1 is 0.816 bits per heavy atom. The minimum absolute atomic E-state index is 0.0971. The molecule has 6 heteroatoms. The lowest BCUT2D eigenvalue weighted by atomic mass is 9.87. The molecular weight excluding hydrogens is 478 g/mol. The van der Waals surface area contributed by atoms with Gasteiger partial charge in [-0.25, -0.2) is 5.06 Å². The number of carbonyl (C=O) groups excluding carboxylic acids is 1. The monoisotopic (exact) mass is 519 g/mol. The molecule has 38 heavy (non-hydrogen) atoms. The van der Waals surface area contributed by atoms with Crippen LogP contribution in [0.1, 0.15) is 49.5 Å². The summed E-state index contributed by atoms with van der Waals surface area (Å²) >= 11 is 0. The zero-order valence-electron chi connectivity index (χ0n) is 23.2. The van der Waals surface area contributed by atoms with E-state index in [-0.39, 0.29) is 30.0 Å². The van der Waals surface area contributed by atoms with Crippen LogP contribution in [0.4, 0.5) is 0 Å². The Hall–Kier alpha value is -3.19. The van der Waals surface area contributed by atoms with Crippen LogP contribution in [0.5, 0.6) is 5.75 Å². The molecule has 3 aromatic rings. The fraction of sp³-hybridized carbons (Fsp3) is 0.406. The van der Waals surface area contributed by atoms with Gasteiger partial charge >= 0.3 is 0 Å². The number of nitrogens with zero attached hydrogens (tertiary/aromatic N) is 1. The molecule has 0 heterocycles. The third-order valence-electron chi connectivity index (χ3n) is 6.96. The minimum Gasteiger partial charge on any atom is -0.489 e. The Morgan fingerprint density at radius 2 is 1.45 bits per heavy atom. The molecule has 0 aliphatic rings. The van der Waals surface area contributed by atoms with Crippen LogP contribution in [0.2, 0.25) is 0 Å².